The first kappa shape index (κ1) is 17.5. The lowest BCUT2D eigenvalue weighted by Crippen LogP contribution is -2.17. The summed E-state index contributed by atoms with van der Waals surface area (Å²) in [6.45, 7) is 6.45. The molecule has 0 saturated heterocycles. The highest BCUT2D eigenvalue weighted by Crippen LogP contribution is 2.14. The number of carbonyl (C=O) groups is 1. The second kappa shape index (κ2) is 8.72. The van der Waals surface area contributed by atoms with Gasteiger partial charge in [0, 0.05) is 5.56 Å². The molecule has 2 aromatic carbocycles. The number of carbonyl (C=O) groups excluding carboxylic acids is 1. The number of nitrogens with one attached hydrogen (secondary N) is 1. The zero-order chi connectivity index (χ0) is 17.4. The lowest BCUT2D eigenvalue weighted by Gasteiger charge is -2.09. The highest BCUT2D eigenvalue weighted by Gasteiger charge is 2.04. The van der Waals surface area contributed by atoms with Gasteiger partial charge in [-0.2, -0.15) is 5.10 Å². The molecule has 1 amide bonds. The van der Waals surface area contributed by atoms with Crippen LogP contribution in [0.25, 0.3) is 0 Å². The Balaban J connectivity index is 1.94. The Morgan fingerprint density at radius 2 is 1.92 bits per heavy atom. The smallest absolute Gasteiger partial charge is 0.271 e. The Bertz CT molecular complexity index is 694. The molecule has 0 radical (unpaired) electrons. The molecule has 5 nitrogen and oxygen atoms in total. The number of benzene rings is 2. The average molecular weight is 326 g/mol. The zero-order valence-electron chi connectivity index (χ0n) is 14.2. The van der Waals surface area contributed by atoms with Crippen LogP contribution in [0.15, 0.2) is 53.6 Å². The third-order valence-electron chi connectivity index (χ3n) is 3.04. The van der Waals surface area contributed by atoms with Gasteiger partial charge in [0.2, 0.25) is 0 Å². The van der Waals surface area contributed by atoms with E-state index >= 15 is 0 Å². The summed E-state index contributed by atoms with van der Waals surface area (Å²) in [5, 5.41) is 3.99. The fourth-order valence-corrected chi connectivity index (χ4v) is 2.04. The zero-order valence-corrected chi connectivity index (χ0v) is 14.2. The summed E-state index contributed by atoms with van der Waals surface area (Å²) in [4.78, 5) is 12.0. The van der Waals surface area contributed by atoms with Gasteiger partial charge in [-0.1, -0.05) is 12.1 Å². The minimum absolute atomic E-state index is 0.108. The van der Waals surface area contributed by atoms with Gasteiger partial charge < -0.3 is 9.47 Å². The molecule has 0 unspecified atom stereocenters. The largest absolute Gasteiger partial charge is 0.494 e. The van der Waals surface area contributed by atoms with Crippen molar-refractivity contribution in [2.24, 2.45) is 5.10 Å². The highest BCUT2D eigenvalue weighted by molar-refractivity contribution is 5.95. The predicted molar refractivity (Wildman–Crippen MR) is 94.9 cm³/mol. The molecule has 5 heteroatoms. The molecule has 24 heavy (non-hydrogen) atoms. The molecule has 2 rings (SSSR count). The molecule has 0 aliphatic carbocycles. The molecule has 0 aliphatic heterocycles. The maximum Gasteiger partial charge on any atom is 0.271 e. The van der Waals surface area contributed by atoms with Crippen LogP contribution in [-0.2, 0) is 0 Å². The number of rotatable bonds is 7. The van der Waals surface area contributed by atoms with Crippen molar-refractivity contribution in [3.05, 3.63) is 59.7 Å². The first-order valence-corrected chi connectivity index (χ1v) is 7.91. The third kappa shape index (κ3) is 5.43. The van der Waals surface area contributed by atoms with Crippen molar-refractivity contribution in [1.29, 1.82) is 0 Å². The lowest BCUT2D eigenvalue weighted by molar-refractivity contribution is 0.0955. The quantitative estimate of drug-likeness (QED) is 0.624. The molecule has 0 aromatic heterocycles. The van der Waals surface area contributed by atoms with E-state index in [1.165, 1.54) is 0 Å². The Kier molecular flexibility index (Phi) is 6.37. The van der Waals surface area contributed by atoms with E-state index in [2.05, 4.69) is 10.5 Å². The molecule has 0 aliphatic rings. The molecular formula is C19H22N2O3. The predicted octanol–water partition coefficient (Wildman–Crippen LogP) is 3.64. The monoisotopic (exact) mass is 326 g/mol. The molecule has 0 fully saturated rings. The molecule has 1 N–H and O–H groups in total. The van der Waals surface area contributed by atoms with Crippen molar-refractivity contribution in [3.63, 3.8) is 0 Å². The normalized spacial score (nSPS) is 10.8. The van der Waals surface area contributed by atoms with Gasteiger partial charge in [-0.25, -0.2) is 5.43 Å². The third-order valence-corrected chi connectivity index (χ3v) is 3.04. The number of ether oxygens (including phenoxy) is 2. The first-order valence-electron chi connectivity index (χ1n) is 7.91. The maximum absolute atomic E-state index is 12.0. The second-order valence-corrected chi connectivity index (χ2v) is 5.40. The van der Waals surface area contributed by atoms with Crippen LogP contribution in [0.5, 0.6) is 11.5 Å². The molecule has 0 atom stereocenters. The van der Waals surface area contributed by atoms with Crippen LogP contribution in [0, 0.1) is 0 Å². The van der Waals surface area contributed by atoms with Crippen LogP contribution in [0.1, 0.15) is 36.7 Å². The van der Waals surface area contributed by atoms with Crippen molar-refractivity contribution in [2.45, 2.75) is 26.9 Å². The van der Waals surface area contributed by atoms with Gasteiger partial charge >= 0.3 is 0 Å². The number of hydrogen-bond acceptors (Lipinski definition) is 4. The van der Waals surface area contributed by atoms with E-state index in [1.54, 1.807) is 30.5 Å². The van der Waals surface area contributed by atoms with Gasteiger partial charge in [0.05, 0.1) is 18.9 Å². The van der Waals surface area contributed by atoms with Crippen molar-refractivity contribution < 1.29 is 14.3 Å². The Morgan fingerprint density at radius 1 is 1.17 bits per heavy atom. The minimum atomic E-state index is -0.274. The number of nitrogens with zero attached hydrogens (tertiary/aromatic N) is 1. The van der Waals surface area contributed by atoms with E-state index in [9.17, 15) is 4.79 Å². The SMILES string of the molecule is CCOc1ccc(C(=O)N/N=C\c2cccc(OC(C)C)c2)cc1. The van der Waals surface area contributed by atoms with Crippen molar-refractivity contribution in [3.8, 4) is 11.5 Å². The van der Waals surface area contributed by atoms with Crippen molar-refractivity contribution in [1.82, 2.24) is 5.43 Å². The molecule has 0 heterocycles. The van der Waals surface area contributed by atoms with Crippen LogP contribution in [0.2, 0.25) is 0 Å². The van der Waals surface area contributed by atoms with E-state index in [0.29, 0.717) is 12.2 Å². The van der Waals surface area contributed by atoms with Crippen LogP contribution in [0.4, 0.5) is 0 Å². The Labute approximate surface area is 142 Å². The summed E-state index contributed by atoms with van der Waals surface area (Å²) in [6.07, 6.45) is 1.69. The highest BCUT2D eigenvalue weighted by atomic mass is 16.5. The van der Waals surface area contributed by atoms with E-state index in [0.717, 1.165) is 17.1 Å². The maximum atomic E-state index is 12.0. The second-order valence-electron chi connectivity index (χ2n) is 5.40. The van der Waals surface area contributed by atoms with Crippen molar-refractivity contribution in [2.75, 3.05) is 6.61 Å². The molecular weight excluding hydrogens is 304 g/mol. The summed E-state index contributed by atoms with van der Waals surface area (Å²) in [5.41, 5.74) is 3.88. The Hall–Kier alpha value is -2.82. The van der Waals surface area contributed by atoms with Crippen LogP contribution in [-0.4, -0.2) is 24.8 Å². The molecule has 0 saturated carbocycles. The van der Waals surface area contributed by atoms with E-state index in [-0.39, 0.29) is 12.0 Å². The summed E-state index contributed by atoms with van der Waals surface area (Å²) in [7, 11) is 0. The van der Waals surface area contributed by atoms with Gasteiger partial charge in [-0.05, 0) is 62.7 Å². The molecule has 126 valence electrons. The standard InChI is InChI=1S/C19H22N2O3/c1-4-23-17-10-8-16(9-11-17)19(22)21-20-13-15-6-5-7-18(12-15)24-14(2)3/h5-14H,4H2,1-3H3,(H,21,22)/b20-13-. The lowest BCUT2D eigenvalue weighted by atomic mass is 10.2. The number of hydrazone groups is 1. The van der Waals surface area contributed by atoms with E-state index in [4.69, 9.17) is 9.47 Å². The van der Waals surface area contributed by atoms with Crippen molar-refractivity contribution >= 4 is 12.1 Å². The van der Waals surface area contributed by atoms with Gasteiger partial charge in [-0.15, -0.1) is 0 Å². The van der Waals surface area contributed by atoms with Gasteiger partial charge in [0.15, 0.2) is 0 Å². The van der Waals surface area contributed by atoms with Gasteiger partial charge in [0.25, 0.3) is 5.91 Å². The van der Waals surface area contributed by atoms with Crippen LogP contribution >= 0.6 is 0 Å². The van der Waals surface area contributed by atoms with E-state index in [1.807, 2.05) is 45.0 Å². The summed E-state index contributed by atoms with van der Waals surface area (Å²) < 4.78 is 11.0. The number of amides is 1. The van der Waals surface area contributed by atoms with Gasteiger partial charge in [-0.3, -0.25) is 4.79 Å². The first-order chi connectivity index (χ1) is 11.6. The molecule has 0 spiro atoms. The molecule has 2 aromatic rings. The Morgan fingerprint density at radius 3 is 2.58 bits per heavy atom. The fraction of sp³-hybridized carbons (Fsp3) is 0.263. The summed E-state index contributed by atoms with van der Waals surface area (Å²) in [6, 6.07) is 14.4. The average Bonchev–Trinajstić information content (AvgIpc) is 2.55. The minimum Gasteiger partial charge on any atom is -0.494 e. The van der Waals surface area contributed by atoms with Crippen LogP contribution in [0.3, 0.4) is 0 Å². The number of hydrogen-bond donors (Lipinski definition) is 1. The summed E-state index contributed by atoms with van der Waals surface area (Å²) in [5.74, 6) is 1.23. The van der Waals surface area contributed by atoms with Gasteiger partial charge in [0.1, 0.15) is 11.5 Å². The van der Waals surface area contributed by atoms with Crippen LogP contribution < -0.4 is 14.9 Å². The summed E-state index contributed by atoms with van der Waals surface area (Å²) >= 11 is 0. The fourth-order valence-electron chi connectivity index (χ4n) is 2.04. The molecule has 0 bridgehead atoms. The van der Waals surface area contributed by atoms with E-state index < -0.39 is 0 Å². The topological polar surface area (TPSA) is 59.9 Å².